The molecule has 2 aromatic rings. The molecular formula is C20H27N5O2S. The first-order chi connectivity index (χ1) is 13.7. The van der Waals surface area contributed by atoms with Crippen LogP contribution < -0.4 is 4.74 Å². The summed E-state index contributed by atoms with van der Waals surface area (Å²) in [5, 5.41) is 12.6. The van der Waals surface area contributed by atoms with Crippen molar-refractivity contribution >= 4 is 17.7 Å². The summed E-state index contributed by atoms with van der Waals surface area (Å²) in [6.07, 6.45) is 6.99. The van der Waals surface area contributed by atoms with E-state index in [-0.39, 0.29) is 5.91 Å². The van der Waals surface area contributed by atoms with E-state index < -0.39 is 0 Å². The number of carbonyl (C=O) groups is 1. The summed E-state index contributed by atoms with van der Waals surface area (Å²) < 4.78 is 7.05. The number of amides is 1. The second kappa shape index (κ2) is 8.51. The summed E-state index contributed by atoms with van der Waals surface area (Å²) in [5.74, 6) is 2.05. The van der Waals surface area contributed by atoms with E-state index in [1.165, 1.54) is 24.6 Å². The fourth-order valence-electron chi connectivity index (χ4n) is 4.00. The van der Waals surface area contributed by atoms with Crippen LogP contribution in [-0.4, -0.2) is 56.0 Å². The normalized spacial score (nSPS) is 22.1. The number of ether oxygens (including phenoxy) is 1. The summed E-state index contributed by atoms with van der Waals surface area (Å²) in [4.78, 5) is 15.3. The number of carbonyl (C=O) groups excluding carboxylic acids is 1. The lowest BCUT2D eigenvalue weighted by Gasteiger charge is -2.36. The summed E-state index contributed by atoms with van der Waals surface area (Å²) in [7, 11) is 1.62. The van der Waals surface area contributed by atoms with Crippen molar-refractivity contribution in [3.05, 3.63) is 24.3 Å². The molecule has 1 aromatic carbocycles. The van der Waals surface area contributed by atoms with Crippen LogP contribution >= 0.6 is 11.8 Å². The molecule has 150 valence electrons. The van der Waals surface area contributed by atoms with E-state index in [0.717, 1.165) is 37.3 Å². The fraction of sp³-hybridized carbons (Fsp3) is 0.600. The average molecular weight is 402 g/mol. The van der Waals surface area contributed by atoms with Crippen molar-refractivity contribution in [3.8, 4) is 11.4 Å². The Balaban J connectivity index is 1.44. The van der Waals surface area contributed by atoms with Gasteiger partial charge in [0.25, 0.3) is 0 Å². The lowest BCUT2D eigenvalue weighted by Crippen LogP contribution is -2.44. The summed E-state index contributed by atoms with van der Waals surface area (Å²) >= 11 is 1.39. The molecule has 0 spiro atoms. The largest absolute Gasteiger partial charge is 0.494 e. The number of thioether (sulfide) groups is 1. The third-order valence-corrected chi connectivity index (χ3v) is 6.59. The number of hydrogen-bond donors (Lipinski definition) is 0. The molecule has 8 heteroatoms. The van der Waals surface area contributed by atoms with Gasteiger partial charge in [0.15, 0.2) is 0 Å². The van der Waals surface area contributed by atoms with Crippen LogP contribution in [0.1, 0.15) is 45.4 Å². The Kier molecular flexibility index (Phi) is 5.85. The molecule has 1 aromatic heterocycles. The van der Waals surface area contributed by atoms with E-state index in [2.05, 4.69) is 27.3 Å². The van der Waals surface area contributed by atoms with Crippen molar-refractivity contribution < 1.29 is 9.53 Å². The molecule has 2 aliphatic carbocycles. The van der Waals surface area contributed by atoms with Crippen LogP contribution in [0.4, 0.5) is 0 Å². The molecule has 2 aliphatic rings. The van der Waals surface area contributed by atoms with Crippen molar-refractivity contribution in [1.29, 1.82) is 0 Å². The van der Waals surface area contributed by atoms with Crippen LogP contribution in [0.3, 0.4) is 0 Å². The van der Waals surface area contributed by atoms with E-state index in [4.69, 9.17) is 4.74 Å². The van der Waals surface area contributed by atoms with Gasteiger partial charge in [-0.25, -0.2) is 0 Å². The molecule has 1 heterocycles. The first-order valence-corrected chi connectivity index (χ1v) is 11.0. The molecule has 28 heavy (non-hydrogen) atoms. The highest BCUT2D eigenvalue weighted by Gasteiger charge is 2.38. The maximum Gasteiger partial charge on any atom is 0.233 e. The smallest absolute Gasteiger partial charge is 0.233 e. The molecular weight excluding hydrogens is 374 g/mol. The number of benzene rings is 1. The van der Waals surface area contributed by atoms with Crippen LogP contribution in [0.25, 0.3) is 5.69 Å². The lowest BCUT2D eigenvalue weighted by molar-refractivity contribution is -0.132. The minimum absolute atomic E-state index is 0.210. The van der Waals surface area contributed by atoms with Crippen molar-refractivity contribution in [2.45, 2.75) is 62.7 Å². The van der Waals surface area contributed by atoms with Crippen molar-refractivity contribution in [1.82, 2.24) is 25.1 Å². The first-order valence-electron chi connectivity index (χ1n) is 10.0. The number of methoxy groups -OCH3 is 1. The van der Waals surface area contributed by atoms with E-state index in [1.807, 2.05) is 24.3 Å². The second-order valence-corrected chi connectivity index (χ2v) is 8.72. The third kappa shape index (κ3) is 4.16. The van der Waals surface area contributed by atoms with Gasteiger partial charge >= 0.3 is 0 Å². The van der Waals surface area contributed by atoms with Gasteiger partial charge in [0.1, 0.15) is 11.4 Å². The number of nitrogens with zero attached hydrogens (tertiary/aromatic N) is 5. The maximum atomic E-state index is 13.1. The van der Waals surface area contributed by atoms with Crippen molar-refractivity contribution in [3.63, 3.8) is 0 Å². The van der Waals surface area contributed by atoms with Crippen molar-refractivity contribution in [2.75, 3.05) is 12.9 Å². The summed E-state index contributed by atoms with van der Waals surface area (Å²) in [6, 6.07) is 8.44. The molecule has 0 saturated heterocycles. The van der Waals surface area contributed by atoms with E-state index in [9.17, 15) is 4.79 Å². The molecule has 4 rings (SSSR count). The molecule has 7 nitrogen and oxygen atoms in total. The van der Waals surface area contributed by atoms with Gasteiger partial charge in [0, 0.05) is 12.1 Å². The average Bonchev–Trinajstić information content (AvgIpc) is 3.44. The van der Waals surface area contributed by atoms with Gasteiger partial charge in [-0.1, -0.05) is 30.8 Å². The van der Waals surface area contributed by atoms with Gasteiger partial charge in [-0.3, -0.25) is 4.79 Å². The van der Waals surface area contributed by atoms with Crippen LogP contribution in [0, 0.1) is 5.92 Å². The van der Waals surface area contributed by atoms with Crippen LogP contribution in [0.15, 0.2) is 29.4 Å². The summed E-state index contributed by atoms with van der Waals surface area (Å²) in [6.45, 7) is 2.31. The Hall–Kier alpha value is -2.09. The molecule has 0 N–H and O–H groups in total. The van der Waals surface area contributed by atoms with Crippen LogP contribution in [-0.2, 0) is 4.79 Å². The number of hydrogen-bond acceptors (Lipinski definition) is 6. The molecule has 1 amide bonds. The third-order valence-electron chi connectivity index (χ3n) is 5.69. The van der Waals surface area contributed by atoms with Crippen LogP contribution in [0.2, 0.25) is 0 Å². The predicted octanol–water partition coefficient (Wildman–Crippen LogP) is 3.33. The number of para-hydroxylation sites is 2. The monoisotopic (exact) mass is 401 g/mol. The molecule has 0 atom stereocenters. The second-order valence-electron chi connectivity index (χ2n) is 7.78. The Morgan fingerprint density at radius 2 is 1.86 bits per heavy atom. The molecule has 0 unspecified atom stereocenters. The van der Waals surface area contributed by atoms with Gasteiger partial charge in [0.05, 0.1) is 12.9 Å². The molecule has 0 bridgehead atoms. The highest BCUT2D eigenvalue weighted by molar-refractivity contribution is 7.99. The molecule has 2 fully saturated rings. The Morgan fingerprint density at radius 1 is 1.18 bits per heavy atom. The zero-order valence-corrected chi connectivity index (χ0v) is 17.3. The number of tetrazole rings is 1. The van der Waals surface area contributed by atoms with Gasteiger partial charge < -0.3 is 9.64 Å². The van der Waals surface area contributed by atoms with Crippen LogP contribution in [0.5, 0.6) is 5.75 Å². The topological polar surface area (TPSA) is 73.1 Å². The van der Waals surface area contributed by atoms with Gasteiger partial charge in [0.2, 0.25) is 11.1 Å². The lowest BCUT2D eigenvalue weighted by atomic mass is 9.86. The van der Waals surface area contributed by atoms with Gasteiger partial charge in [-0.15, -0.1) is 5.10 Å². The predicted molar refractivity (Wildman–Crippen MR) is 108 cm³/mol. The van der Waals surface area contributed by atoms with E-state index in [1.54, 1.807) is 11.8 Å². The summed E-state index contributed by atoms with van der Waals surface area (Å²) in [5.41, 5.74) is 0.769. The number of aromatic nitrogens is 4. The highest BCUT2D eigenvalue weighted by Crippen LogP contribution is 2.36. The Morgan fingerprint density at radius 3 is 2.54 bits per heavy atom. The molecule has 0 aliphatic heterocycles. The minimum atomic E-state index is 0.210. The molecule has 2 saturated carbocycles. The minimum Gasteiger partial charge on any atom is -0.494 e. The van der Waals surface area contributed by atoms with Crippen molar-refractivity contribution in [2.24, 2.45) is 5.92 Å². The maximum absolute atomic E-state index is 13.1. The van der Waals surface area contributed by atoms with Gasteiger partial charge in [-0.05, 0) is 67.0 Å². The molecule has 0 radical (unpaired) electrons. The zero-order valence-electron chi connectivity index (χ0n) is 16.5. The standard InChI is InChI=1S/C20H27N5O2S/c1-14-7-9-15(10-8-14)24(16-11-12-16)19(26)13-28-20-21-22-23-25(20)17-5-3-4-6-18(17)27-2/h3-6,14-16H,7-13H2,1-2H3. The highest BCUT2D eigenvalue weighted by atomic mass is 32.2. The van der Waals surface area contributed by atoms with E-state index >= 15 is 0 Å². The Labute approximate surface area is 169 Å². The first kappa shape index (κ1) is 19.2. The fourth-order valence-corrected chi connectivity index (χ4v) is 4.76. The number of rotatable bonds is 7. The zero-order chi connectivity index (χ0) is 19.5. The quantitative estimate of drug-likeness (QED) is 0.663. The van der Waals surface area contributed by atoms with Gasteiger partial charge in [-0.2, -0.15) is 4.68 Å². The SMILES string of the molecule is COc1ccccc1-n1nnnc1SCC(=O)N(C1CCC(C)CC1)C1CC1. The van der Waals surface area contributed by atoms with E-state index in [0.29, 0.717) is 28.7 Å². The Bertz CT molecular complexity index is 814.